The van der Waals surface area contributed by atoms with Gasteiger partial charge in [-0.25, -0.2) is 0 Å². The first kappa shape index (κ1) is 10.5. The smallest absolute Gasteiger partial charge is 0.126 e. The lowest BCUT2D eigenvalue weighted by Gasteiger charge is -2.17. The molecule has 1 aliphatic heterocycles. The van der Waals surface area contributed by atoms with E-state index < -0.39 is 0 Å². The molecule has 2 rings (SSSR count). The average Bonchev–Trinajstić information content (AvgIpc) is 2.41. The lowest BCUT2D eigenvalue weighted by Crippen LogP contribution is -2.30. The molecule has 1 heterocycles. The second-order valence-corrected chi connectivity index (χ2v) is 3.98. The molecule has 1 aromatic carbocycles. The van der Waals surface area contributed by atoms with Crippen LogP contribution in [0.5, 0.6) is 5.75 Å². The predicted molar refractivity (Wildman–Crippen MR) is 61.0 cm³/mol. The van der Waals surface area contributed by atoms with Gasteiger partial charge in [0.2, 0.25) is 0 Å². The molecule has 0 aromatic heterocycles. The number of para-hydroxylation sites is 1. The average molecular weight is 206 g/mol. The Kier molecular flexibility index (Phi) is 3.23. The predicted octanol–water partition coefficient (Wildman–Crippen LogP) is 1.15. The summed E-state index contributed by atoms with van der Waals surface area (Å²) in [6.45, 7) is 6.42. The zero-order chi connectivity index (χ0) is 10.7. The Bertz CT molecular complexity index is 338. The van der Waals surface area contributed by atoms with Crippen LogP contribution in [-0.2, 0) is 6.54 Å². The van der Waals surface area contributed by atoms with Crippen LogP contribution in [0.15, 0.2) is 18.2 Å². The van der Waals surface area contributed by atoms with Gasteiger partial charge in [0, 0.05) is 31.7 Å². The summed E-state index contributed by atoms with van der Waals surface area (Å²) in [5.41, 5.74) is 8.08. The van der Waals surface area contributed by atoms with E-state index in [4.69, 9.17) is 10.5 Å². The Hall–Kier alpha value is -1.06. The fourth-order valence-electron chi connectivity index (χ4n) is 2.01. The van der Waals surface area contributed by atoms with Gasteiger partial charge in [0.1, 0.15) is 12.4 Å². The van der Waals surface area contributed by atoms with Gasteiger partial charge in [0.25, 0.3) is 0 Å². The van der Waals surface area contributed by atoms with Gasteiger partial charge in [0.05, 0.1) is 0 Å². The Morgan fingerprint density at radius 1 is 1.47 bits per heavy atom. The van der Waals surface area contributed by atoms with Crippen LogP contribution in [-0.4, -0.2) is 31.1 Å². The number of rotatable bonds is 2. The van der Waals surface area contributed by atoms with Crippen molar-refractivity contribution in [3.8, 4) is 5.75 Å². The number of fused-ring (bicyclic) bond motifs is 1. The second kappa shape index (κ2) is 4.64. The molecule has 3 heteroatoms. The molecule has 15 heavy (non-hydrogen) atoms. The minimum Gasteiger partial charge on any atom is -0.492 e. The highest BCUT2D eigenvalue weighted by Gasteiger charge is 2.15. The van der Waals surface area contributed by atoms with Crippen molar-refractivity contribution >= 4 is 0 Å². The highest BCUT2D eigenvalue weighted by molar-refractivity contribution is 5.41. The summed E-state index contributed by atoms with van der Waals surface area (Å²) in [5, 5.41) is 0. The molecule has 0 fully saturated rings. The molecule has 1 aliphatic rings. The van der Waals surface area contributed by atoms with Crippen molar-refractivity contribution in [3.05, 3.63) is 29.3 Å². The summed E-state index contributed by atoms with van der Waals surface area (Å²) < 4.78 is 5.77. The van der Waals surface area contributed by atoms with E-state index in [-0.39, 0.29) is 0 Å². The van der Waals surface area contributed by atoms with Crippen LogP contribution in [0.3, 0.4) is 0 Å². The standard InChI is InChI=1S/C12H18N2O/c1-10-3-2-4-11-9-14(6-5-13)7-8-15-12(10)11/h2-4H,5-9,13H2,1H3. The van der Waals surface area contributed by atoms with Crippen molar-refractivity contribution in [1.82, 2.24) is 4.90 Å². The van der Waals surface area contributed by atoms with Crippen molar-refractivity contribution in [2.75, 3.05) is 26.2 Å². The molecule has 3 nitrogen and oxygen atoms in total. The zero-order valence-electron chi connectivity index (χ0n) is 9.20. The molecule has 82 valence electrons. The summed E-state index contributed by atoms with van der Waals surface area (Å²) in [7, 11) is 0. The Labute approximate surface area is 90.8 Å². The van der Waals surface area contributed by atoms with E-state index in [2.05, 4.69) is 30.0 Å². The van der Waals surface area contributed by atoms with Crippen molar-refractivity contribution in [2.45, 2.75) is 13.5 Å². The largest absolute Gasteiger partial charge is 0.492 e. The molecule has 0 amide bonds. The summed E-state index contributed by atoms with van der Waals surface area (Å²) in [6, 6.07) is 6.32. The third kappa shape index (κ3) is 2.30. The van der Waals surface area contributed by atoms with Gasteiger partial charge in [0.15, 0.2) is 0 Å². The van der Waals surface area contributed by atoms with Crippen LogP contribution >= 0.6 is 0 Å². The molecular weight excluding hydrogens is 188 g/mol. The Balaban J connectivity index is 2.22. The lowest BCUT2D eigenvalue weighted by atomic mass is 10.1. The highest BCUT2D eigenvalue weighted by atomic mass is 16.5. The summed E-state index contributed by atoms with van der Waals surface area (Å²) >= 11 is 0. The van der Waals surface area contributed by atoms with Crippen molar-refractivity contribution in [2.24, 2.45) is 5.73 Å². The van der Waals surface area contributed by atoms with E-state index in [9.17, 15) is 0 Å². The summed E-state index contributed by atoms with van der Waals surface area (Å²) in [5.74, 6) is 1.07. The van der Waals surface area contributed by atoms with Crippen molar-refractivity contribution in [1.29, 1.82) is 0 Å². The van der Waals surface area contributed by atoms with Gasteiger partial charge in [-0.05, 0) is 12.5 Å². The van der Waals surface area contributed by atoms with Crippen LogP contribution in [0.1, 0.15) is 11.1 Å². The normalized spacial score (nSPS) is 16.7. The van der Waals surface area contributed by atoms with E-state index in [1.165, 1.54) is 11.1 Å². The number of ether oxygens (including phenoxy) is 1. The third-order valence-corrected chi connectivity index (χ3v) is 2.79. The van der Waals surface area contributed by atoms with Crippen LogP contribution in [0, 0.1) is 6.92 Å². The Morgan fingerprint density at radius 3 is 3.13 bits per heavy atom. The van der Waals surface area contributed by atoms with Crippen LogP contribution in [0.25, 0.3) is 0 Å². The number of benzene rings is 1. The maximum Gasteiger partial charge on any atom is 0.126 e. The van der Waals surface area contributed by atoms with Crippen LogP contribution in [0.2, 0.25) is 0 Å². The highest BCUT2D eigenvalue weighted by Crippen LogP contribution is 2.26. The number of hydrogen-bond acceptors (Lipinski definition) is 3. The maximum absolute atomic E-state index is 5.77. The molecular formula is C12H18N2O. The van der Waals surface area contributed by atoms with Gasteiger partial charge in [-0.1, -0.05) is 18.2 Å². The molecule has 0 spiro atoms. The SMILES string of the molecule is Cc1cccc2c1OCCN(CCN)C2. The van der Waals surface area contributed by atoms with Crippen molar-refractivity contribution < 1.29 is 4.74 Å². The third-order valence-electron chi connectivity index (χ3n) is 2.79. The Morgan fingerprint density at radius 2 is 2.33 bits per heavy atom. The molecule has 0 unspecified atom stereocenters. The van der Waals surface area contributed by atoms with E-state index in [0.717, 1.165) is 32.0 Å². The second-order valence-electron chi connectivity index (χ2n) is 3.98. The molecule has 0 saturated carbocycles. The monoisotopic (exact) mass is 206 g/mol. The summed E-state index contributed by atoms with van der Waals surface area (Å²) in [4.78, 5) is 2.34. The molecule has 2 N–H and O–H groups in total. The van der Waals surface area contributed by atoms with Crippen LogP contribution < -0.4 is 10.5 Å². The minimum atomic E-state index is 0.709. The van der Waals surface area contributed by atoms with E-state index in [1.54, 1.807) is 0 Å². The van der Waals surface area contributed by atoms with E-state index >= 15 is 0 Å². The van der Waals surface area contributed by atoms with Crippen LogP contribution in [0.4, 0.5) is 0 Å². The minimum absolute atomic E-state index is 0.709. The molecule has 1 aromatic rings. The number of aryl methyl sites for hydroxylation is 1. The van der Waals surface area contributed by atoms with Gasteiger partial charge >= 0.3 is 0 Å². The molecule has 0 bridgehead atoms. The van der Waals surface area contributed by atoms with E-state index in [0.29, 0.717) is 6.54 Å². The summed E-state index contributed by atoms with van der Waals surface area (Å²) in [6.07, 6.45) is 0. The molecule has 0 atom stereocenters. The van der Waals surface area contributed by atoms with Gasteiger partial charge < -0.3 is 10.5 Å². The quantitative estimate of drug-likeness (QED) is 0.789. The van der Waals surface area contributed by atoms with Gasteiger partial charge in [-0.2, -0.15) is 0 Å². The topological polar surface area (TPSA) is 38.5 Å². The number of nitrogens with two attached hydrogens (primary N) is 1. The first-order chi connectivity index (χ1) is 7.31. The first-order valence-electron chi connectivity index (χ1n) is 5.45. The number of hydrogen-bond donors (Lipinski definition) is 1. The fraction of sp³-hybridized carbons (Fsp3) is 0.500. The fourth-order valence-corrected chi connectivity index (χ4v) is 2.01. The molecule has 0 aliphatic carbocycles. The lowest BCUT2D eigenvalue weighted by molar-refractivity contribution is 0.230. The first-order valence-corrected chi connectivity index (χ1v) is 5.45. The van der Waals surface area contributed by atoms with E-state index in [1.807, 2.05) is 0 Å². The maximum atomic E-state index is 5.77. The van der Waals surface area contributed by atoms with Gasteiger partial charge in [-0.3, -0.25) is 4.90 Å². The molecule has 0 saturated heterocycles. The number of nitrogens with zero attached hydrogens (tertiary/aromatic N) is 1. The van der Waals surface area contributed by atoms with Crippen molar-refractivity contribution in [3.63, 3.8) is 0 Å². The zero-order valence-corrected chi connectivity index (χ0v) is 9.20. The van der Waals surface area contributed by atoms with Gasteiger partial charge in [-0.15, -0.1) is 0 Å². The molecule has 0 radical (unpaired) electrons.